The van der Waals surface area contributed by atoms with E-state index in [9.17, 15) is 14.4 Å². The van der Waals surface area contributed by atoms with Crippen LogP contribution in [0.25, 0.3) is 0 Å². The standard InChI is InChI=1S/C21H22N5O4/c1-23(15-6-4-3-5-7-15)18(27)14-26-20(29)19(28)25-13-12-24(21(25)22-26)16-8-10-17(30-2)11-9-16/h3-11,21H,12-14H2,1-2H3/q+1. The molecule has 9 heteroatoms. The number of hydrogen-bond donors (Lipinski definition) is 0. The predicted octanol–water partition coefficient (Wildman–Crippen LogP) is 1.30. The molecular formula is C21H22N5O4+. The molecule has 30 heavy (non-hydrogen) atoms. The van der Waals surface area contributed by atoms with Crippen molar-refractivity contribution < 1.29 is 23.8 Å². The number of carbonyl (C=O) groups is 3. The molecule has 1 fully saturated rings. The number of hydrogen-bond acceptors (Lipinski definition) is 6. The molecule has 4 rings (SSSR count). The fourth-order valence-electron chi connectivity index (χ4n) is 3.53. The average Bonchev–Trinajstić information content (AvgIpc) is 3.21. The SMILES string of the molecule is COc1ccc(N2CCN3C(=O)C(=O)[N+](CC(=O)N(C)c4ccccc4)=NC32)cc1. The third-order valence-corrected chi connectivity index (χ3v) is 5.27. The van der Waals surface area contributed by atoms with Gasteiger partial charge in [0.1, 0.15) is 5.75 Å². The van der Waals surface area contributed by atoms with Gasteiger partial charge in [-0.25, -0.2) is 4.79 Å². The first-order chi connectivity index (χ1) is 14.5. The van der Waals surface area contributed by atoms with E-state index in [0.717, 1.165) is 16.1 Å². The van der Waals surface area contributed by atoms with Gasteiger partial charge in [0.25, 0.3) is 18.7 Å². The van der Waals surface area contributed by atoms with Gasteiger partial charge in [0.2, 0.25) is 0 Å². The van der Waals surface area contributed by atoms with Gasteiger partial charge in [0.05, 0.1) is 7.11 Å². The molecule has 1 unspecified atom stereocenters. The van der Waals surface area contributed by atoms with Crippen molar-refractivity contribution in [3.8, 4) is 5.75 Å². The molecule has 154 valence electrons. The second-order valence-corrected chi connectivity index (χ2v) is 7.00. The number of ether oxygens (including phenoxy) is 1. The number of fused-ring (bicyclic) bond motifs is 1. The highest BCUT2D eigenvalue weighted by atomic mass is 16.5. The molecule has 3 amide bonds. The van der Waals surface area contributed by atoms with Crippen molar-refractivity contribution in [2.75, 3.05) is 43.6 Å². The van der Waals surface area contributed by atoms with E-state index in [1.54, 1.807) is 26.3 Å². The topological polar surface area (TPSA) is 85.5 Å². The highest BCUT2D eigenvalue weighted by Gasteiger charge is 2.49. The van der Waals surface area contributed by atoms with Crippen LogP contribution in [-0.2, 0) is 14.4 Å². The molecular weight excluding hydrogens is 386 g/mol. The van der Waals surface area contributed by atoms with E-state index in [0.29, 0.717) is 18.8 Å². The van der Waals surface area contributed by atoms with E-state index in [1.807, 2.05) is 47.4 Å². The number of methoxy groups -OCH3 is 1. The number of carbonyl (C=O) groups excluding carboxylic acids is 3. The molecule has 2 heterocycles. The van der Waals surface area contributed by atoms with E-state index in [2.05, 4.69) is 5.11 Å². The molecule has 0 aliphatic carbocycles. The minimum atomic E-state index is -0.794. The summed E-state index contributed by atoms with van der Waals surface area (Å²) in [5, 5.41) is 4.43. The molecule has 0 aromatic heterocycles. The maximum atomic E-state index is 12.7. The quantitative estimate of drug-likeness (QED) is 0.550. The molecule has 2 aliphatic rings. The minimum absolute atomic E-state index is 0.309. The number of benzene rings is 2. The van der Waals surface area contributed by atoms with Gasteiger partial charge < -0.3 is 14.5 Å². The Kier molecular flexibility index (Phi) is 5.18. The zero-order valence-corrected chi connectivity index (χ0v) is 16.8. The summed E-state index contributed by atoms with van der Waals surface area (Å²) < 4.78 is 6.17. The molecule has 0 radical (unpaired) electrons. The fourth-order valence-corrected chi connectivity index (χ4v) is 3.53. The molecule has 2 aromatic carbocycles. The molecule has 0 bridgehead atoms. The van der Waals surface area contributed by atoms with E-state index >= 15 is 0 Å². The number of amides is 3. The van der Waals surface area contributed by atoms with Crippen LogP contribution in [0.1, 0.15) is 0 Å². The van der Waals surface area contributed by atoms with Gasteiger partial charge >= 0.3 is 11.8 Å². The maximum absolute atomic E-state index is 12.7. The first-order valence-electron chi connectivity index (χ1n) is 9.55. The normalized spacial score (nSPS) is 18.2. The number of nitrogens with zero attached hydrogens (tertiary/aromatic N) is 5. The van der Waals surface area contributed by atoms with Gasteiger partial charge in [0.15, 0.2) is 0 Å². The third kappa shape index (κ3) is 3.49. The van der Waals surface area contributed by atoms with E-state index in [-0.39, 0.29) is 12.5 Å². The maximum Gasteiger partial charge on any atom is 0.502 e. The van der Waals surface area contributed by atoms with Crippen molar-refractivity contribution in [3.05, 3.63) is 54.6 Å². The Morgan fingerprint density at radius 3 is 2.43 bits per heavy atom. The Hall–Kier alpha value is -3.75. The van der Waals surface area contributed by atoms with Crippen LogP contribution in [0.15, 0.2) is 59.7 Å². The molecule has 0 N–H and O–H groups in total. The summed E-state index contributed by atoms with van der Waals surface area (Å²) in [6.07, 6.45) is -0.668. The molecule has 2 aliphatic heterocycles. The lowest BCUT2D eigenvalue weighted by atomic mass is 10.3. The molecule has 1 saturated heterocycles. The van der Waals surface area contributed by atoms with Crippen molar-refractivity contribution in [1.29, 1.82) is 0 Å². The van der Waals surface area contributed by atoms with Crippen LogP contribution in [0.2, 0.25) is 0 Å². The highest BCUT2D eigenvalue weighted by molar-refractivity contribution is 6.32. The lowest BCUT2D eigenvalue weighted by molar-refractivity contribution is -0.509. The minimum Gasteiger partial charge on any atom is -0.497 e. The van der Waals surface area contributed by atoms with Crippen LogP contribution in [0.5, 0.6) is 5.75 Å². The number of likely N-dealkylation sites (N-methyl/N-ethyl adjacent to an activating group) is 1. The average molecular weight is 408 g/mol. The smallest absolute Gasteiger partial charge is 0.497 e. The number of para-hydroxylation sites is 1. The van der Waals surface area contributed by atoms with Gasteiger partial charge in [-0.2, -0.15) is 0 Å². The summed E-state index contributed by atoms with van der Waals surface area (Å²) in [4.78, 5) is 42.6. The van der Waals surface area contributed by atoms with Crippen molar-refractivity contribution in [2.24, 2.45) is 5.11 Å². The van der Waals surface area contributed by atoms with Crippen LogP contribution in [0, 0.1) is 0 Å². The predicted molar refractivity (Wildman–Crippen MR) is 108 cm³/mol. The second kappa shape index (κ2) is 7.94. The first kappa shape index (κ1) is 19.6. The van der Waals surface area contributed by atoms with E-state index in [4.69, 9.17) is 4.74 Å². The van der Waals surface area contributed by atoms with Gasteiger partial charge in [-0.05, 0) is 41.1 Å². The lowest BCUT2D eigenvalue weighted by Gasteiger charge is -2.27. The summed E-state index contributed by atoms with van der Waals surface area (Å²) in [7, 11) is 3.22. The zero-order chi connectivity index (χ0) is 21.3. The largest absolute Gasteiger partial charge is 0.502 e. The summed E-state index contributed by atoms with van der Waals surface area (Å²) in [5.41, 5.74) is 1.54. The Labute approximate surface area is 173 Å². The summed E-state index contributed by atoms with van der Waals surface area (Å²) in [6, 6.07) is 16.5. The van der Waals surface area contributed by atoms with Crippen molar-refractivity contribution in [3.63, 3.8) is 0 Å². The van der Waals surface area contributed by atoms with Gasteiger partial charge in [-0.3, -0.25) is 14.5 Å². The number of rotatable bonds is 5. The summed E-state index contributed by atoms with van der Waals surface area (Å²) in [5.74, 6) is -1.06. The van der Waals surface area contributed by atoms with Crippen molar-refractivity contribution in [2.45, 2.75) is 6.29 Å². The van der Waals surface area contributed by atoms with Crippen LogP contribution in [0.3, 0.4) is 0 Å². The third-order valence-electron chi connectivity index (χ3n) is 5.27. The Morgan fingerprint density at radius 1 is 1.10 bits per heavy atom. The summed E-state index contributed by atoms with van der Waals surface area (Å²) >= 11 is 0. The summed E-state index contributed by atoms with van der Waals surface area (Å²) in [6.45, 7) is 0.610. The molecule has 0 saturated carbocycles. The van der Waals surface area contributed by atoms with Crippen molar-refractivity contribution in [1.82, 2.24) is 4.90 Å². The number of azo groups is 2. The zero-order valence-electron chi connectivity index (χ0n) is 16.8. The van der Waals surface area contributed by atoms with E-state index in [1.165, 1.54) is 9.80 Å². The van der Waals surface area contributed by atoms with Gasteiger partial charge in [0, 0.05) is 36.6 Å². The Balaban J connectivity index is 1.57. The van der Waals surface area contributed by atoms with E-state index < -0.39 is 18.1 Å². The molecule has 2 aromatic rings. The first-order valence-corrected chi connectivity index (χ1v) is 9.55. The lowest BCUT2D eigenvalue weighted by Crippen LogP contribution is -2.53. The number of anilines is 2. The molecule has 0 spiro atoms. The Morgan fingerprint density at radius 2 is 1.77 bits per heavy atom. The van der Waals surface area contributed by atoms with Gasteiger partial charge in [-0.1, -0.05) is 18.2 Å². The van der Waals surface area contributed by atoms with Crippen LogP contribution >= 0.6 is 0 Å². The van der Waals surface area contributed by atoms with Crippen LogP contribution in [0.4, 0.5) is 11.4 Å². The molecule has 9 nitrogen and oxygen atoms in total. The van der Waals surface area contributed by atoms with Gasteiger partial charge in [-0.15, -0.1) is 0 Å². The molecule has 1 atom stereocenters. The second-order valence-electron chi connectivity index (χ2n) is 7.00. The van der Waals surface area contributed by atoms with Crippen molar-refractivity contribution >= 4 is 29.1 Å². The Bertz CT molecular complexity index is 1010. The van der Waals surface area contributed by atoms with Crippen LogP contribution < -0.4 is 14.5 Å². The monoisotopic (exact) mass is 408 g/mol. The highest BCUT2D eigenvalue weighted by Crippen LogP contribution is 2.28. The van der Waals surface area contributed by atoms with Crippen LogP contribution in [-0.4, -0.2) is 67.4 Å². The fraction of sp³-hybridized carbons (Fsp3) is 0.286.